The first-order valence-corrected chi connectivity index (χ1v) is 16.3. The van der Waals surface area contributed by atoms with Crippen LogP contribution in [0.3, 0.4) is 0 Å². The third kappa shape index (κ3) is 3.72. The van der Waals surface area contributed by atoms with E-state index in [1.165, 1.54) is 60.5 Å². The fraction of sp³-hybridized carbons (Fsp3) is 0. The number of hydrogen-bond acceptors (Lipinski definition) is 4. The quantitative estimate of drug-likeness (QED) is 0.196. The van der Waals surface area contributed by atoms with Crippen LogP contribution in [0.2, 0.25) is 5.02 Å². The van der Waals surface area contributed by atoms with Crippen molar-refractivity contribution in [3.63, 3.8) is 0 Å². The summed E-state index contributed by atoms with van der Waals surface area (Å²) in [5.41, 5.74) is 3.45. The molecule has 0 aliphatic rings. The molecule has 0 atom stereocenters. The van der Waals surface area contributed by atoms with Crippen LogP contribution in [-0.4, -0.2) is 0 Å². The van der Waals surface area contributed by atoms with Crippen molar-refractivity contribution < 1.29 is 0 Å². The first kappa shape index (κ1) is 23.7. The molecule has 0 aliphatic heterocycles. The molecule has 0 unspecified atom stereocenters. The molecule has 9 aromatic rings. The molecule has 0 fully saturated rings. The van der Waals surface area contributed by atoms with Gasteiger partial charge in [0.05, 0.1) is 0 Å². The predicted octanol–water partition coefficient (Wildman–Crippen LogP) is 12.9. The lowest BCUT2D eigenvalue weighted by atomic mass is 10.1. The molecule has 3 heterocycles. The Morgan fingerprint density at radius 1 is 0.366 bits per heavy atom. The van der Waals surface area contributed by atoms with Crippen LogP contribution in [0.25, 0.3) is 60.5 Å². The molecule has 0 saturated carbocycles. The van der Waals surface area contributed by atoms with Crippen LogP contribution in [0.1, 0.15) is 0 Å². The van der Waals surface area contributed by atoms with Crippen molar-refractivity contribution in [3.8, 4) is 0 Å². The second kappa shape index (κ2) is 9.04. The van der Waals surface area contributed by atoms with E-state index in [2.05, 4.69) is 120 Å². The number of rotatable bonds is 3. The second-order valence-electron chi connectivity index (χ2n) is 10.3. The molecule has 0 radical (unpaired) electrons. The largest absolute Gasteiger partial charge is 0.310 e. The zero-order valence-corrected chi connectivity index (χ0v) is 24.8. The Morgan fingerprint density at radius 2 is 0.780 bits per heavy atom. The number of benzene rings is 6. The average molecular weight is 598 g/mol. The summed E-state index contributed by atoms with van der Waals surface area (Å²) in [5, 5.41) is 8.50. The lowest BCUT2D eigenvalue weighted by Crippen LogP contribution is -2.09. The summed E-state index contributed by atoms with van der Waals surface area (Å²) >= 11 is 11.9. The molecule has 0 N–H and O–H groups in total. The summed E-state index contributed by atoms with van der Waals surface area (Å²) < 4.78 is 7.75. The maximum Gasteiger partial charge on any atom is 0.0468 e. The van der Waals surface area contributed by atoms with Crippen molar-refractivity contribution in [2.45, 2.75) is 0 Å². The average Bonchev–Trinajstić information content (AvgIpc) is 3.67. The lowest BCUT2D eigenvalue weighted by molar-refractivity contribution is 1.30. The number of hydrogen-bond donors (Lipinski definition) is 0. The maximum absolute atomic E-state index is 6.35. The minimum absolute atomic E-state index is 0.776. The molecule has 6 aromatic carbocycles. The summed E-state index contributed by atoms with van der Waals surface area (Å²) in [4.78, 5) is 2.41. The van der Waals surface area contributed by atoms with Crippen molar-refractivity contribution in [2.75, 3.05) is 4.90 Å². The highest BCUT2D eigenvalue weighted by atomic mass is 35.5. The number of fused-ring (bicyclic) bond motifs is 9. The summed E-state index contributed by atoms with van der Waals surface area (Å²) in [7, 11) is 0. The van der Waals surface area contributed by atoms with Crippen LogP contribution in [0.5, 0.6) is 0 Å². The van der Waals surface area contributed by atoms with Gasteiger partial charge in [0.1, 0.15) is 0 Å². The molecule has 9 rings (SSSR count). The van der Waals surface area contributed by atoms with Crippen LogP contribution in [0, 0.1) is 0 Å². The van der Waals surface area contributed by atoms with E-state index in [0.717, 1.165) is 22.1 Å². The summed E-state index contributed by atoms with van der Waals surface area (Å²) in [6, 6.07) is 44.3. The van der Waals surface area contributed by atoms with Gasteiger partial charge in [-0.2, -0.15) is 0 Å². The molecular weight excluding hydrogens is 578 g/mol. The molecule has 5 heteroatoms. The molecular formula is C36H20ClNS3. The smallest absolute Gasteiger partial charge is 0.0468 e. The van der Waals surface area contributed by atoms with E-state index in [4.69, 9.17) is 11.6 Å². The van der Waals surface area contributed by atoms with E-state index in [0.29, 0.717) is 0 Å². The summed E-state index contributed by atoms with van der Waals surface area (Å²) in [6.45, 7) is 0. The monoisotopic (exact) mass is 597 g/mol. The maximum atomic E-state index is 6.35. The van der Waals surface area contributed by atoms with Gasteiger partial charge in [0.25, 0.3) is 0 Å². The Labute approximate surface area is 253 Å². The fourth-order valence-corrected chi connectivity index (χ4v) is 9.57. The third-order valence-corrected chi connectivity index (χ3v) is 11.6. The molecule has 0 bridgehead atoms. The number of thiophene rings is 3. The van der Waals surface area contributed by atoms with Gasteiger partial charge in [-0.3, -0.25) is 0 Å². The van der Waals surface area contributed by atoms with Crippen LogP contribution >= 0.6 is 45.6 Å². The molecule has 0 aliphatic carbocycles. The first-order chi connectivity index (χ1) is 20.2. The van der Waals surface area contributed by atoms with E-state index in [1.807, 2.05) is 28.7 Å². The third-order valence-electron chi connectivity index (χ3n) is 7.91. The van der Waals surface area contributed by atoms with Gasteiger partial charge < -0.3 is 4.90 Å². The Balaban J connectivity index is 1.32. The molecule has 3 aromatic heterocycles. The topological polar surface area (TPSA) is 3.24 Å². The fourth-order valence-electron chi connectivity index (χ4n) is 6.03. The van der Waals surface area contributed by atoms with E-state index >= 15 is 0 Å². The van der Waals surface area contributed by atoms with Gasteiger partial charge in [0.2, 0.25) is 0 Å². The Morgan fingerprint density at radius 3 is 1.29 bits per heavy atom. The zero-order valence-electron chi connectivity index (χ0n) is 21.6. The van der Waals surface area contributed by atoms with Crippen molar-refractivity contribution in [3.05, 3.63) is 126 Å². The highest BCUT2D eigenvalue weighted by Gasteiger charge is 2.18. The van der Waals surface area contributed by atoms with Gasteiger partial charge in [0.15, 0.2) is 0 Å². The van der Waals surface area contributed by atoms with Gasteiger partial charge in [-0.05, 0) is 78.9 Å². The van der Waals surface area contributed by atoms with E-state index in [1.54, 1.807) is 11.3 Å². The van der Waals surface area contributed by atoms with Crippen LogP contribution in [0.15, 0.2) is 121 Å². The lowest BCUT2D eigenvalue weighted by Gasteiger charge is -2.26. The molecule has 194 valence electrons. The minimum Gasteiger partial charge on any atom is -0.310 e. The molecule has 41 heavy (non-hydrogen) atoms. The Hall–Kier alpha value is -3.93. The van der Waals surface area contributed by atoms with Crippen LogP contribution < -0.4 is 4.90 Å². The minimum atomic E-state index is 0.776. The van der Waals surface area contributed by atoms with Gasteiger partial charge in [-0.25, -0.2) is 0 Å². The highest BCUT2D eigenvalue weighted by Crippen LogP contribution is 2.45. The first-order valence-electron chi connectivity index (χ1n) is 13.4. The van der Waals surface area contributed by atoms with Crippen LogP contribution in [-0.2, 0) is 0 Å². The van der Waals surface area contributed by atoms with Crippen LogP contribution in [0.4, 0.5) is 17.1 Å². The van der Waals surface area contributed by atoms with Gasteiger partial charge in [0, 0.05) is 82.6 Å². The Kier molecular flexibility index (Phi) is 5.23. The standard InChI is InChI=1S/C36H20ClNS3/c37-21-9-13-27-30-20-24(12-16-35(30)41-36(27)17-21)38(22-10-14-33-28(18-22)25-5-1-3-7-31(25)39-33)23-11-15-34-29(19-23)26-6-2-4-8-32(26)40-34/h1-20H. The van der Waals surface area contributed by atoms with E-state index in [9.17, 15) is 0 Å². The highest BCUT2D eigenvalue weighted by molar-refractivity contribution is 7.26. The molecule has 0 saturated heterocycles. The molecule has 0 spiro atoms. The Bertz CT molecular complexity index is 2350. The number of nitrogens with zero attached hydrogens (tertiary/aromatic N) is 1. The van der Waals surface area contributed by atoms with E-state index in [-0.39, 0.29) is 0 Å². The SMILES string of the molecule is Clc1ccc2c(c1)sc1ccc(N(c3ccc4sc5ccccc5c4c3)c3ccc4sc5ccccc5c4c3)cc12. The van der Waals surface area contributed by atoms with Crippen molar-refractivity contribution >= 4 is 123 Å². The zero-order chi connectivity index (χ0) is 27.1. The number of halogens is 1. The van der Waals surface area contributed by atoms with Crippen molar-refractivity contribution in [1.82, 2.24) is 0 Å². The van der Waals surface area contributed by atoms with Gasteiger partial charge in [-0.15, -0.1) is 34.0 Å². The predicted molar refractivity (Wildman–Crippen MR) is 185 cm³/mol. The molecule has 1 nitrogen and oxygen atoms in total. The molecule has 0 amide bonds. The summed E-state index contributed by atoms with van der Waals surface area (Å²) in [6.07, 6.45) is 0. The normalized spacial score (nSPS) is 12.0. The number of anilines is 3. The van der Waals surface area contributed by atoms with E-state index < -0.39 is 0 Å². The second-order valence-corrected chi connectivity index (χ2v) is 14.0. The summed E-state index contributed by atoms with van der Waals surface area (Å²) in [5.74, 6) is 0. The van der Waals surface area contributed by atoms with Gasteiger partial charge >= 0.3 is 0 Å². The van der Waals surface area contributed by atoms with Crippen molar-refractivity contribution in [1.29, 1.82) is 0 Å². The van der Waals surface area contributed by atoms with Crippen molar-refractivity contribution in [2.24, 2.45) is 0 Å². The van der Waals surface area contributed by atoms with Gasteiger partial charge in [-0.1, -0.05) is 54.1 Å².